The van der Waals surface area contributed by atoms with E-state index in [9.17, 15) is 0 Å². The van der Waals surface area contributed by atoms with Crippen molar-refractivity contribution in [2.75, 3.05) is 0 Å². The van der Waals surface area contributed by atoms with Crippen LogP contribution in [0, 0.1) is 0 Å². The summed E-state index contributed by atoms with van der Waals surface area (Å²) in [5.74, 6) is 0. The van der Waals surface area contributed by atoms with Gasteiger partial charge < -0.3 is 4.74 Å². The molecule has 0 bridgehead atoms. The molecule has 1 heteroatoms. The Hall–Kier alpha value is -1.60. The van der Waals surface area contributed by atoms with Gasteiger partial charge in [-0.2, -0.15) is 0 Å². The quantitative estimate of drug-likeness (QED) is 0.738. The fourth-order valence-electron chi connectivity index (χ4n) is 2.65. The van der Waals surface area contributed by atoms with Gasteiger partial charge in [0.1, 0.15) is 0 Å². The zero-order valence-electron chi connectivity index (χ0n) is 10.5. The fourth-order valence-corrected chi connectivity index (χ4v) is 2.65. The predicted octanol–water partition coefficient (Wildman–Crippen LogP) is 4.67. The molecule has 2 atom stereocenters. The lowest BCUT2D eigenvalue weighted by atomic mass is 9.95. The van der Waals surface area contributed by atoms with Gasteiger partial charge in [-0.25, -0.2) is 0 Å². The van der Waals surface area contributed by atoms with Crippen molar-refractivity contribution in [1.29, 1.82) is 0 Å². The molecule has 0 spiro atoms. The molecule has 0 aromatic heterocycles. The normalized spacial score (nSPS) is 23.8. The van der Waals surface area contributed by atoms with Crippen molar-refractivity contribution in [3.63, 3.8) is 0 Å². The Balaban J connectivity index is 1.77. The van der Waals surface area contributed by atoms with Crippen molar-refractivity contribution in [3.8, 4) is 0 Å². The van der Waals surface area contributed by atoms with Gasteiger partial charge in [0.05, 0.1) is 12.2 Å². The molecule has 1 fully saturated rings. The molecular formula is C17H18O. The molecule has 0 amide bonds. The van der Waals surface area contributed by atoms with Gasteiger partial charge >= 0.3 is 0 Å². The van der Waals surface area contributed by atoms with Gasteiger partial charge in [-0.05, 0) is 30.4 Å². The van der Waals surface area contributed by atoms with Gasteiger partial charge in [0.15, 0.2) is 0 Å². The van der Waals surface area contributed by atoms with Crippen molar-refractivity contribution in [2.45, 2.75) is 31.5 Å². The molecule has 0 saturated carbocycles. The smallest absolute Gasteiger partial charge is 0.0833 e. The summed E-state index contributed by atoms with van der Waals surface area (Å²) in [5.41, 5.74) is 2.61. The summed E-state index contributed by atoms with van der Waals surface area (Å²) in [6, 6.07) is 21.1. The van der Waals surface area contributed by atoms with E-state index >= 15 is 0 Å². The molecule has 0 aliphatic carbocycles. The molecule has 0 radical (unpaired) electrons. The van der Waals surface area contributed by atoms with Crippen LogP contribution in [0.4, 0.5) is 0 Å². The van der Waals surface area contributed by atoms with Gasteiger partial charge in [-0.15, -0.1) is 0 Å². The van der Waals surface area contributed by atoms with Crippen LogP contribution >= 0.6 is 0 Å². The molecule has 1 saturated heterocycles. The molecule has 1 heterocycles. The van der Waals surface area contributed by atoms with Gasteiger partial charge in [0.25, 0.3) is 0 Å². The second kappa shape index (κ2) is 5.36. The van der Waals surface area contributed by atoms with Crippen molar-refractivity contribution in [1.82, 2.24) is 0 Å². The van der Waals surface area contributed by atoms with Crippen LogP contribution in [0.2, 0.25) is 0 Å². The molecule has 1 aliphatic rings. The third-order valence-electron chi connectivity index (χ3n) is 3.60. The Morgan fingerprint density at radius 3 is 1.56 bits per heavy atom. The Morgan fingerprint density at radius 2 is 1.11 bits per heavy atom. The first kappa shape index (κ1) is 11.5. The highest BCUT2D eigenvalue weighted by atomic mass is 16.5. The average molecular weight is 238 g/mol. The first-order valence-corrected chi connectivity index (χ1v) is 6.69. The molecule has 2 aromatic rings. The summed E-state index contributed by atoms with van der Waals surface area (Å²) in [6.45, 7) is 0. The minimum absolute atomic E-state index is 0.255. The van der Waals surface area contributed by atoms with Crippen LogP contribution in [0.5, 0.6) is 0 Å². The highest BCUT2D eigenvalue weighted by molar-refractivity contribution is 5.21. The predicted molar refractivity (Wildman–Crippen MR) is 73.3 cm³/mol. The van der Waals surface area contributed by atoms with Crippen LogP contribution in [-0.4, -0.2) is 0 Å². The maximum Gasteiger partial charge on any atom is 0.0833 e. The van der Waals surface area contributed by atoms with E-state index in [4.69, 9.17) is 4.74 Å². The maximum absolute atomic E-state index is 6.26. The Labute approximate surface area is 108 Å². The standard InChI is InChI=1S/C17H18O/c1-3-8-14(9-4-1)16-12-7-13-17(18-16)15-10-5-2-6-11-15/h1-6,8-11,16-17H,7,12-13H2/t16-,17-/m1/s1. The van der Waals surface area contributed by atoms with E-state index in [0.29, 0.717) is 0 Å². The van der Waals surface area contributed by atoms with Crippen LogP contribution in [0.15, 0.2) is 60.7 Å². The zero-order chi connectivity index (χ0) is 12.2. The highest BCUT2D eigenvalue weighted by Gasteiger charge is 2.24. The molecule has 1 aliphatic heterocycles. The summed E-state index contributed by atoms with van der Waals surface area (Å²) in [7, 11) is 0. The number of hydrogen-bond acceptors (Lipinski definition) is 1. The van der Waals surface area contributed by atoms with E-state index in [0.717, 1.165) is 12.8 Å². The van der Waals surface area contributed by atoms with Crippen LogP contribution in [-0.2, 0) is 4.74 Å². The molecule has 1 nitrogen and oxygen atoms in total. The van der Waals surface area contributed by atoms with E-state index in [1.54, 1.807) is 0 Å². The first-order chi connectivity index (χ1) is 8.93. The van der Waals surface area contributed by atoms with Crippen molar-refractivity contribution in [2.24, 2.45) is 0 Å². The average Bonchev–Trinajstić information content (AvgIpc) is 2.49. The Morgan fingerprint density at radius 1 is 0.667 bits per heavy atom. The summed E-state index contributed by atoms with van der Waals surface area (Å²) in [5, 5.41) is 0. The van der Waals surface area contributed by atoms with Crippen molar-refractivity contribution >= 4 is 0 Å². The third-order valence-corrected chi connectivity index (χ3v) is 3.60. The van der Waals surface area contributed by atoms with Gasteiger partial charge in [0, 0.05) is 0 Å². The number of hydrogen-bond donors (Lipinski definition) is 0. The van der Waals surface area contributed by atoms with Crippen LogP contribution in [0.3, 0.4) is 0 Å². The van der Waals surface area contributed by atoms with E-state index in [-0.39, 0.29) is 12.2 Å². The van der Waals surface area contributed by atoms with E-state index in [2.05, 4.69) is 60.7 Å². The van der Waals surface area contributed by atoms with Crippen LogP contribution < -0.4 is 0 Å². The number of benzene rings is 2. The molecule has 0 unspecified atom stereocenters. The monoisotopic (exact) mass is 238 g/mol. The number of rotatable bonds is 2. The summed E-state index contributed by atoms with van der Waals surface area (Å²) in [6.07, 6.45) is 4.01. The van der Waals surface area contributed by atoms with Crippen LogP contribution in [0.25, 0.3) is 0 Å². The summed E-state index contributed by atoms with van der Waals surface area (Å²) in [4.78, 5) is 0. The van der Waals surface area contributed by atoms with E-state index in [1.807, 2.05) is 0 Å². The van der Waals surface area contributed by atoms with Gasteiger partial charge in [-0.1, -0.05) is 60.7 Å². The molecule has 0 N–H and O–H groups in total. The highest BCUT2D eigenvalue weighted by Crippen LogP contribution is 2.38. The molecule has 3 rings (SSSR count). The minimum atomic E-state index is 0.255. The largest absolute Gasteiger partial charge is 0.366 e. The van der Waals surface area contributed by atoms with Gasteiger partial charge in [-0.3, -0.25) is 0 Å². The lowest BCUT2D eigenvalue weighted by molar-refractivity contribution is -0.0534. The first-order valence-electron chi connectivity index (χ1n) is 6.69. The third kappa shape index (κ3) is 2.46. The second-order valence-corrected chi connectivity index (χ2v) is 4.87. The number of ether oxygens (including phenoxy) is 1. The topological polar surface area (TPSA) is 9.23 Å². The Bertz CT molecular complexity index is 432. The van der Waals surface area contributed by atoms with Gasteiger partial charge in [0.2, 0.25) is 0 Å². The lowest BCUT2D eigenvalue weighted by Gasteiger charge is -2.30. The zero-order valence-corrected chi connectivity index (χ0v) is 10.5. The molecule has 2 aromatic carbocycles. The summed E-state index contributed by atoms with van der Waals surface area (Å²) < 4.78 is 6.26. The maximum atomic E-state index is 6.26. The van der Waals surface area contributed by atoms with Crippen LogP contribution in [0.1, 0.15) is 42.6 Å². The molecule has 18 heavy (non-hydrogen) atoms. The van der Waals surface area contributed by atoms with Crippen molar-refractivity contribution < 1.29 is 4.74 Å². The van der Waals surface area contributed by atoms with E-state index < -0.39 is 0 Å². The Kier molecular flexibility index (Phi) is 3.42. The second-order valence-electron chi connectivity index (χ2n) is 4.87. The minimum Gasteiger partial charge on any atom is -0.366 e. The van der Waals surface area contributed by atoms with E-state index in [1.165, 1.54) is 17.5 Å². The molecular weight excluding hydrogens is 220 g/mol. The lowest BCUT2D eigenvalue weighted by Crippen LogP contribution is -2.16. The SMILES string of the molecule is c1ccc([C@H]2CCC[C@H](c3ccccc3)O2)cc1. The van der Waals surface area contributed by atoms with Crippen molar-refractivity contribution in [3.05, 3.63) is 71.8 Å². The summed E-state index contributed by atoms with van der Waals surface area (Å²) >= 11 is 0. The fraction of sp³-hybridized carbons (Fsp3) is 0.294. The molecule has 92 valence electrons.